The summed E-state index contributed by atoms with van der Waals surface area (Å²) in [6.45, 7) is 0.516. The third kappa shape index (κ3) is 6.63. The van der Waals surface area contributed by atoms with Crippen molar-refractivity contribution in [3.63, 3.8) is 0 Å². The predicted molar refractivity (Wildman–Crippen MR) is 138 cm³/mol. The van der Waals surface area contributed by atoms with Crippen LogP contribution in [-0.4, -0.2) is 52.2 Å². The minimum absolute atomic E-state index is 0.111. The van der Waals surface area contributed by atoms with E-state index < -0.39 is 17.8 Å². The van der Waals surface area contributed by atoms with Crippen LogP contribution in [0.1, 0.15) is 28.8 Å². The number of fused-ring (bicyclic) bond motifs is 3. The van der Waals surface area contributed by atoms with Crippen LogP contribution in [0.4, 0.5) is 0 Å². The Hall–Kier alpha value is -4.86. The molecule has 4 aromatic rings. The maximum Gasteiger partial charge on any atom is 0.303 e. The molecule has 3 aromatic carbocycles. The number of hydrogen-bond donors (Lipinski definition) is 4. The van der Waals surface area contributed by atoms with E-state index in [9.17, 15) is 19.2 Å². The minimum Gasteiger partial charge on any atom is -0.483 e. The number of rotatable bonds is 9. The molecule has 10 heteroatoms. The van der Waals surface area contributed by atoms with Crippen LogP contribution in [0.3, 0.4) is 0 Å². The maximum absolute atomic E-state index is 12.2. The van der Waals surface area contributed by atoms with Crippen molar-refractivity contribution >= 4 is 45.6 Å². The number of carboxylic acids is 2. The Morgan fingerprint density at radius 1 is 0.838 bits per heavy atom. The summed E-state index contributed by atoms with van der Waals surface area (Å²) in [4.78, 5) is 43.1. The molecule has 2 amide bonds. The molecule has 10 nitrogen and oxygen atoms in total. The van der Waals surface area contributed by atoms with Gasteiger partial charge in [0.2, 0.25) is 5.91 Å². The van der Waals surface area contributed by atoms with Crippen LogP contribution in [-0.2, 0) is 20.9 Å². The van der Waals surface area contributed by atoms with E-state index in [1.807, 2.05) is 42.5 Å². The summed E-state index contributed by atoms with van der Waals surface area (Å²) < 4.78 is 7.94. The molecule has 0 fully saturated rings. The molecule has 1 aromatic heterocycles. The summed E-state index contributed by atoms with van der Waals surface area (Å²) in [5.41, 5.74) is 9.03. The quantitative estimate of drug-likeness (QED) is 0.272. The highest BCUT2D eigenvalue weighted by molar-refractivity contribution is 6.19. The van der Waals surface area contributed by atoms with Crippen molar-refractivity contribution in [3.05, 3.63) is 77.9 Å². The topological polar surface area (TPSA) is 161 Å². The second kappa shape index (κ2) is 12.2. The molecule has 0 bridgehead atoms. The van der Waals surface area contributed by atoms with Crippen molar-refractivity contribution in [2.45, 2.75) is 19.4 Å². The molecular formula is C27H27N3O7. The van der Waals surface area contributed by atoms with Gasteiger partial charge in [-0.1, -0.05) is 42.5 Å². The third-order valence-electron chi connectivity index (χ3n) is 5.52. The van der Waals surface area contributed by atoms with E-state index in [2.05, 4.69) is 22.0 Å². The molecule has 0 saturated carbocycles. The van der Waals surface area contributed by atoms with Gasteiger partial charge in [0.05, 0.1) is 29.3 Å². The Morgan fingerprint density at radius 3 is 2.00 bits per heavy atom. The molecule has 1 heterocycles. The first-order valence-electron chi connectivity index (χ1n) is 11.4. The molecule has 0 saturated heterocycles. The van der Waals surface area contributed by atoms with Gasteiger partial charge in [-0.3, -0.25) is 19.2 Å². The Bertz CT molecular complexity index is 1430. The smallest absolute Gasteiger partial charge is 0.303 e. The molecule has 0 aliphatic heterocycles. The molecular weight excluding hydrogens is 478 g/mol. The van der Waals surface area contributed by atoms with Crippen LogP contribution in [0.15, 0.2) is 66.7 Å². The summed E-state index contributed by atoms with van der Waals surface area (Å²) >= 11 is 0. The van der Waals surface area contributed by atoms with Crippen LogP contribution < -0.4 is 15.8 Å². The second-order valence-corrected chi connectivity index (χ2v) is 8.04. The maximum atomic E-state index is 12.2. The third-order valence-corrected chi connectivity index (χ3v) is 5.52. The fourth-order valence-corrected chi connectivity index (χ4v) is 3.84. The van der Waals surface area contributed by atoms with Crippen LogP contribution in [0.25, 0.3) is 21.8 Å². The summed E-state index contributed by atoms with van der Waals surface area (Å²) in [5.74, 6) is -2.35. The highest BCUT2D eigenvalue weighted by Gasteiger charge is 2.20. The summed E-state index contributed by atoms with van der Waals surface area (Å²) in [7, 11) is 1.56. The molecule has 5 N–H and O–H groups in total. The minimum atomic E-state index is -1.08. The highest BCUT2D eigenvalue weighted by atomic mass is 16.5. The fourth-order valence-electron chi connectivity index (χ4n) is 3.84. The molecule has 0 atom stereocenters. The van der Waals surface area contributed by atoms with Gasteiger partial charge in [-0.05, 0) is 29.8 Å². The number of carbonyl (C=O) groups is 4. The van der Waals surface area contributed by atoms with Gasteiger partial charge in [0, 0.05) is 24.5 Å². The Labute approximate surface area is 212 Å². The van der Waals surface area contributed by atoms with Crippen molar-refractivity contribution < 1.29 is 34.1 Å². The molecule has 0 radical (unpaired) electrons. The summed E-state index contributed by atoms with van der Waals surface area (Å²) in [5, 5.41) is 19.9. The van der Waals surface area contributed by atoms with Gasteiger partial charge in [0.1, 0.15) is 5.75 Å². The first kappa shape index (κ1) is 26.7. The fraction of sp³-hybridized carbons (Fsp3) is 0.185. The molecule has 4 rings (SSSR count). The first-order valence-corrected chi connectivity index (χ1v) is 11.4. The number of nitrogens with zero attached hydrogens (tertiary/aromatic N) is 1. The van der Waals surface area contributed by atoms with Gasteiger partial charge in [-0.25, -0.2) is 0 Å². The van der Waals surface area contributed by atoms with Crippen molar-refractivity contribution in [1.29, 1.82) is 0 Å². The Morgan fingerprint density at radius 2 is 1.43 bits per heavy atom. The van der Waals surface area contributed by atoms with Crippen molar-refractivity contribution in [3.8, 4) is 5.75 Å². The van der Waals surface area contributed by atoms with E-state index in [-0.39, 0.29) is 25.4 Å². The van der Waals surface area contributed by atoms with Gasteiger partial charge in [-0.2, -0.15) is 0 Å². The zero-order valence-electron chi connectivity index (χ0n) is 20.1. The number of amides is 2. The van der Waals surface area contributed by atoms with Crippen LogP contribution in [0, 0.1) is 0 Å². The molecule has 0 spiro atoms. The van der Waals surface area contributed by atoms with E-state index in [0.717, 1.165) is 27.4 Å². The van der Waals surface area contributed by atoms with Gasteiger partial charge in [0.15, 0.2) is 6.61 Å². The molecule has 0 aliphatic carbocycles. The van der Waals surface area contributed by atoms with Crippen LogP contribution >= 0.6 is 0 Å². The lowest BCUT2D eigenvalue weighted by molar-refractivity contribution is -0.143. The van der Waals surface area contributed by atoms with Gasteiger partial charge in [0.25, 0.3) is 5.91 Å². The number of carboxylic acid groups (broad SMARTS) is 2. The number of aromatic nitrogens is 1. The summed E-state index contributed by atoms with van der Waals surface area (Å²) in [6.07, 6.45) is -0.593. The number of carbonyl (C=O) groups excluding carboxylic acids is 2. The zero-order valence-corrected chi connectivity index (χ0v) is 20.1. The number of benzene rings is 3. The molecule has 192 valence electrons. The number of nitrogens with two attached hydrogens (primary N) is 1. The Balaban J connectivity index is 0.000000414. The lowest BCUT2D eigenvalue weighted by atomic mass is 10.1. The van der Waals surface area contributed by atoms with Gasteiger partial charge >= 0.3 is 11.9 Å². The number of aliphatic carboxylic acids is 2. The van der Waals surface area contributed by atoms with E-state index in [4.69, 9.17) is 20.7 Å². The molecule has 0 aliphatic rings. The van der Waals surface area contributed by atoms with Crippen molar-refractivity contribution in [2.75, 3.05) is 13.7 Å². The van der Waals surface area contributed by atoms with E-state index in [0.29, 0.717) is 17.9 Å². The average Bonchev–Trinajstić information content (AvgIpc) is 3.21. The highest BCUT2D eigenvalue weighted by Crippen LogP contribution is 2.38. The largest absolute Gasteiger partial charge is 0.483 e. The lowest BCUT2D eigenvalue weighted by Crippen LogP contribution is -2.24. The number of ether oxygens (including phenoxy) is 1. The SMILES string of the molecule is CNC(=O)COc1cccc2c1c1c(C(N)=O)cccc1n2Cc1ccccc1.O=C(O)CCC(=O)O. The van der Waals surface area contributed by atoms with Gasteiger partial charge in [-0.15, -0.1) is 0 Å². The van der Waals surface area contributed by atoms with Crippen LogP contribution in [0.5, 0.6) is 5.75 Å². The standard InChI is InChI=1S/C23H21N3O3.C4H6O4/c1-25-20(27)14-29-19-12-6-11-18-22(19)21-16(23(24)28)9-5-10-17(21)26(18)13-15-7-3-2-4-8-15;5-3(6)1-2-4(7)8/h2-12H,13-14H2,1H3,(H2,24,28)(H,25,27);1-2H2,(H,5,6)(H,7,8). The number of likely N-dealkylation sites (N-methyl/N-ethyl adjacent to an activating group) is 1. The number of hydrogen-bond acceptors (Lipinski definition) is 5. The van der Waals surface area contributed by atoms with E-state index in [1.165, 1.54) is 0 Å². The monoisotopic (exact) mass is 505 g/mol. The lowest BCUT2D eigenvalue weighted by Gasteiger charge is -2.09. The van der Waals surface area contributed by atoms with Crippen molar-refractivity contribution in [1.82, 2.24) is 9.88 Å². The average molecular weight is 506 g/mol. The van der Waals surface area contributed by atoms with Crippen molar-refractivity contribution in [2.24, 2.45) is 5.73 Å². The molecule has 0 unspecified atom stereocenters. The molecule has 37 heavy (non-hydrogen) atoms. The number of primary amides is 1. The van der Waals surface area contributed by atoms with Gasteiger partial charge < -0.3 is 30.6 Å². The first-order chi connectivity index (χ1) is 17.7. The predicted octanol–water partition coefficient (Wildman–Crippen LogP) is 3.00. The van der Waals surface area contributed by atoms with E-state index in [1.54, 1.807) is 19.2 Å². The van der Waals surface area contributed by atoms with Crippen LogP contribution in [0.2, 0.25) is 0 Å². The second-order valence-electron chi connectivity index (χ2n) is 8.04. The summed E-state index contributed by atoms with van der Waals surface area (Å²) in [6, 6.07) is 21.3. The normalized spacial score (nSPS) is 10.4. The zero-order chi connectivity index (χ0) is 26.9. The number of nitrogens with one attached hydrogen (secondary N) is 1. The Kier molecular flexibility index (Phi) is 8.82. The van der Waals surface area contributed by atoms with E-state index >= 15 is 0 Å².